The molecular formula is C15H24O6. The number of hydrogen-bond donors (Lipinski definition) is 0. The predicted molar refractivity (Wildman–Crippen MR) is 75.4 cm³/mol. The lowest BCUT2D eigenvalue weighted by molar-refractivity contribution is -0.287. The molecule has 0 unspecified atom stereocenters. The highest BCUT2D eigenvalue weighted by Gasteiger charge is 2.47. The summed E-state index contributed by atoms with van der Waals surface area (Å²) >= 11 is 0. The summed E-state index contributed by atoms with van der Waals surface area (Å²) in [6.45, 7) is 10.3. The maximum Gasteiger partial charge on any atom is 0.303 e. The molecule has 0 amide bonds. The van der Waals surface area contributed by atoms with Crippen molar-refractivity contribution >= 4 is 11.9 Å². The second-order valence-corrected chi connectivity index (χ2v) is 5.08. The molecule has 0 saturated carbocycles. The van der Waals surface area contributed by atoms with Gasteiger partial charge in [0.2, 0.25) is 0 Å². The molecule has 5 atom stereocenters. The van der Waals surface area contributed by atoms with Crippen molar-refractivity contribution in [2.24, 2.45) is 5.92 Å². The van der Waals surface area contributed by atoms with Gasteiger partial charge in [-0.25, -0.2) is 0 Å². The summed E-state index contributed by atoms with van der Waals surface area (Å²) in [6.07, 6.45) is 0.00525. The summed E-state index contributed by atoms with van der Waals surface area (Å²) in [7, 11) is 0. The topological polar surface area (TPSA) is 71.1 Å². The van der Waals surface area contributed by atoms with E-state index in [1.54, 1.807) is 6.08 Å². The second-order valence-electron chi connectivity index (χ2n) is 5.08. The molecule has 0 aromatic rings. The summed E-state index contributed by atoms with van der Waals surface area (Å²) in [6, 6.07) is 0. The van der Waals surface area contributed by atoms with Crippen LogP contribution in [0.15, 0.2) is 12.7 Å². The molecule has 120 valence electrons. The van der Waals surface area contributed by atoms with Crippen LogP contribution < -0.4 is 0 Å². The second kappa shape index (κ2) is 8.14. The molecular weight excluding hydrogens is 276 g/mol. The maximum absolute atomic E-state index is 11.3. The highest BCUT2D eigenvalue weighted by atomic mass is 16.7. The standard InChI is InChI=1S/C15H24O6/c1-6-8-18-15-14(20-11(5)17)13(19-10(4)16)9(3)12(7-2)21-15/h6,9,12-15H,1,7-8H2,2-5H3/t9-,12-,13+,14-,15+/m1/s1. The van der Waals surface area contributed by atoms with Gasteiger partial charge < -0.3 is 18.9 Å². The number of ether oxygens (including phenoxy) is 4. The molecule has 0 radical (unpaired) electrons. The molecule has 1 saturated heterocycles. The lowest BCUT2D eigenvalue weighted by Gasteiger charge is -2.43. The summed E-state index contributed by atoms with van der Waals surface area (Å²) in [4.78, 5) is 22.7. The Kier molecular flexibility index (Phi) is 6.84. The van der Waals surface area contributed by atoms with Gasteiger partial charge >= 0.3 is 11.9 Å². The number of esters is 2. The summed E-state index contributed by atoms with van der Waals surface area (Å²) in [5.74, 6) is -1.01. The minimum absolute atomic E-state index is 0.105. The molecule has 1 aliphatic heterocycles. The first kappa shape index (κ1) is 17.7. The molecule has 0 aromatic heterocycles. The van der Waals surface area contributed by atoms with E-state index in [1.807, 2.05) is 13.8 Å². The fourth-order valence-corrected chi connectivity index (χ4v) is 2.48. The highest BCUT2D eigenvalue weighted by Crippen LogP contribution is 2.32. The molecule has 0 spiro atoms. The van der Waals surface area contributed by atoms with Gasteiger partial charge in [-0.05, 0) is 6.42 Å². The zero-order chi connectivity index (χ0) is 16.0. The van der Waals surface area contributed by atoms with Crippen molar-refractivity contribution in [3.8, 4) is 0 Å². The minimum atomic E-state index is -0.788. The molecule has 1 fully saturated rings. The first-order valence-corrected chi connectivity index (χ1v) is 7.13. The van der Waals surface area contributed by atoms with Crippen molar-refractivity contribution in [2.75, 3.05) is 6.61 Å². The van der Waals surface area contributed by atoms with Crippen LogP contribution in [0.1, 0.15) is 34.1 Å². The smallest absolute Gasteiger partial charge is 0.303 e. The Bertz CT molecular complexity index is 380. The van der Waals surface area contributed by atoms with E-state index in [4.69, 9.17) is 18.9 Å². The number of carbonyl (C=O) groups is 2. The van der Waals surface area contributed by atoms with Crippen molar-refractivity contribution in [1.82, 2.24) is 0 Å². The average Bonchev–Trinajstić information content (AvgIpc) is 2.41. The zero-order valence-corrected chi connectivity index (χ0v) is 13.0. The van der Waals surface area contributed by atoms with Gasteiger partial charge in [0.05, 0.1) is 12.7 Å². The van der Waals surface area contributed by atoms with Gasteiger partial charge in [-0.2, -0.15) is 0 Å². The van der Waals surface area contributed by atoms with Crippen LogP contribution in [-0.2, 0) is 28.5 Å². The Morgan fingerprint density at radius 2 is 1.76 bits per heavy atom. The Hall–Kier alpha value is -1.40. The Morgan fingerprint density at radius 1 is 1.19 bits per heavy atom. The van der Waals surface area contributed by atoms with Crippen LogP contribution in [0.3, 0.4) is 0 Å². The van der Waals surface area contributed by atoms with Crippen molar-refractivity contribution in [2.45, 2.75) is 58.7 Å². The number of carbonyl (C=O) groups excluding carboxylic acids is 2. The third-order valence-corrected chi connectivity index (χ3v) is 3.39. The van der Waals surface area contributed by atoms with Crippen LogP contribution in [0, 0.1) is 5.92 Å². The molecule has 1 heterocycles. The van der Waals surface area contributed by atoms with E-state index >= 15 is 0 Å². The molecule has 6 heteroatoms. The van der Waals surface area contributed by atoms with E-state index in [9.17, 15) is 9.59 Å². The molecule has 1 rings (SSSR count). The van der Waals surface area contributed by atoms with Crippen LogP contribution >= 0.6 is 0 Å². The summed E-state index contributed by atoms with van der Waals surface area (Å²) in [5.41, 5.74) is 0. The van der Waals surface area contributed by atoms with Gasteiger partial charge in [0.1, 0.15) is 6.10 Å². The average molecular weight is 300 g/mol. The van der Waals surface area contributed by atoms with Gasteiger partial charge in [-0.3, -0.25) is 9.59 Å². The van der Waals surface area contributed by atoms with Gasteiger partial charge in [-0.15, -0.1) is 6.58 Å². The normalized spacial score (nSPS) is 32.3. The quantitative estimate of drug-likeness (QED) is 0.550. The Balaban J connectivity index is 2.99. The summed E-state index contributed by atoms with van der Waals surface area (Å²) in [5, 5.41) is 0. The molecule has 0 aromatic carbocycles. The Labute approximate surface area is 125 Å². The Morgan fingerprint density at radius 3 is 2.24 bits per heavy atom. The van der Waals surface area contributed by atoms with Crippen LogP contribution in [0.2, 0.25) is 0 Å². The minimum Gasteiger partial charge on any atom is -0.458 e. The molecule has 21 heavy (non-hydrogen) atoms. The SMILES string of the molecule is C=CCO[C@H]1O[C@H](CC)[C@@H](C)[C@H](OC(C)=O)[C@H]1OC(C)=O. The molecule has 6 nitrogen and oxygen atoms in total. The number of hydrogen-bond acceptors (Lipinski definition) is 6. The van der Waals surface area contributed by atoms with Crippen LogP contribution in [0.25, 0.3) is 0 Å². The van der Waals surface area contributed by atoms with E-state index in [0.29, 0.717) is 0 Å². The molecule has 0 aliphatic carbocycles. The van der Waals surface area contributed by atoms with Crippen molar-refractivity contribution in [3.63, 3.8) is 0 Å². The van der Waals surface area contributed by atoms with Gasteiger partial charge in [0.25, 0.3) is 0 Å². The van der Waals surface area contributed by atoms with E-state index in [0.717, 1.165) is 6.42 Å². The molecule has 0 bridgehead atoms. The van der Waals surface area contributed by atoms with Gasteiger partial charge in [-0.1, -0.05) is 19.9 Å². The fraction of sp³-hybridized carbons (Fsp3) is 0.733. The van der Waals surface area contributed by atoms with E-state index in [1.165, 1.54) is 13.8 Å². The van der Waals surface area contributed by atoms with Crippen molar-refractivity contribution in [3.05, 3.63) is 12.7 Å². The summed E-state index contributed by atoms with van der Waals surface area (Å²) < 4.78 is 22.0. The van der Waals surface area contributed by atoms with Crippen molar-refractivity contribution in [1.29, 1.82) is 0 Å². The highest BCUT2D eigenvalue weighted by molar-refractivity contribution is 5.67. The van der Waals surface area contributed by atoms with E-state index in [2.05, 4.69) is 6.58 Å². The lowest BCUT2D eigenvalue weighted by Crippen LogP contribution is -2.57. The maximum atomic E-state index is 11.3. The third-order valence-electron chi connectivity index (χ3n) is 3.39. The third kappa shape index (κ3) is 4.82. The van der Waals surface area contributed by atoms with Crippen molar-refractivity contribution < 1.29 is 28.5 Å². The van der Waals surface area contributed by atoms with E-state index in [-0.39, 0.29) is 18.6 Å². The largest absolute Gasteiger partial charge is 0.458 e. The van der Waals surface area contributed by atoms with Crippen LogP contribution in [0.5, 0.6) is 0 Å². The lowest BCUT2D eigenvalue weighted by atomic mass is 9.89. The first-order chi connectivity index (χ1) is 9.90. The predicted octanol–water partition coefficient (Wildman–Crippen LogP) is 1.82. The monoisotopic (exact) mass is 300 g/mol. The van der Waals surface area contributed by atoms with Gasteiger partial charge in [0.15, 0.2) is 12.4 Å². The van der Waals surface area contributed by atoms with Crippen LogP contribution in [-0.4, -0.2) is 43.1 Å². The van der Waals surface area contributed by atoms with E-state index < -0.39 is 30.4 Å². The van der Waals surface area contributed by atoms with Gasteiger partial charge in [0, 0.05) is 19.8 Å². The number of rotatable bonds is 6. The molecule has 1 aliphatic rings. The molecule has 0 N–H and O–H groups in total. The zero-order valence-electron chi connectivity index (χ0n) is 13.0. The fourth-order valence-electron chi connectivity index (χ4n) is 2.48. The first-order valence-electron chi connectivity index (χ1n) is 7.13. The van der Waals surface area contributed by atoms with Crippen LogP contribution in [0.4, 0.5) is 0 Å².